The van der Waals surface area contributed by atoms with Crippen LogP contribution in [-0.2, 0) is 16.1 Å². The van der Waals surface area contributed by atoms with Crippen molar-refractivity contribution in [3.8, 4) is 0 Å². The highest BCUT2D eigenvalue weighted by molar-refractivity contribution is 5.94. The first-order valence-corrected chi connectivity index (χ1v) is 9.42. The van der Waals surface area contributed by atoms with Gasteiger partial charge in [0.1, 0.15) is 0 Å². The number of benzene rings is 1. The first kappa shape index (κ1) is 18.9. The third-order valence-corrected chi connectivity index (χ3v) is 5.45. The van der Waals surface area contributed by atoms with E-state index >= 15 is 0 Å². The van der Waals surface area contributed by atoms with Crippen LogP contribution < -0.4 is 10.6 Å². The number of amides is 2. The summed E-state index contributed by atoms with van der Waals surface area (Å²) >= 11 is 0. The van der Waals surface area contributed by atoms with Gasteiger partial charge in [-0.05, 0) is 42.4 Å². The zero-order chi connectivity index (χ0) is 18.5. The summed E-state index contributed by atoms with van der Waals surface area (Å²) < 4.78 is 5.11. The minimum Gasteiger partial charge on any atom is -0.380 e. The van der Waals surface area contributed by atoms with Gasteiger partial charge in [0, 0.05) is 51.8 Å². The predicted molar refractivity (Wildman–Crippen MR) is 99.7 cm³/mol. The van der Waals surface area contributed by atoms with E-state index in [1.165, 1.54) is 12.8 Å². The smallest absolute Gasteiger partial charge is 0.251 e. The van der Waals surface area contributed by atoms with Gasteiger partial charge in [0.05, 0.1) is 6.61 Å². The maximum absolute atomic E-state index is 12.7. The molecule has 1 aromatic carbocycles. The lowest BCUT2D eigenvalue weighted by atomic mass is 9.97. The Bertz CT molecular complexity index is 628. The van der Waals surface area contributed by atoms with E-state index in [-0.39, 0.29) is 17.9 Å². The molecule has 1 aromatic rings. The fourth-order valence-electron chi connectivity index (χ4n) is 3.81. The molecule has 0 spiro atoms. The number of carbonyl (C=O) groups excluding carboxylic acids is 2. The van der Waals surface area contributed by atoms with Crippen molar-refractivity contribution in [2.24, 2.45) is 11.8 Å². The molecular formula is C20H29N3O3. The van der Waals surface area contributed by atoms with Crippen LogP contribution in [0.2, 0.25) is 0 Å². The summed E-state index contributed by atoms with van der Waals surface area (Å²) in [5.74, 6) is 1.26. The van der Waals surface area contributed by atoms with Gasteiger partial charge in [0.15, 0.2) is 0 Å². The Morgan fingerprint density at radius 2 is 1.92 bits per heavy atom. The second kappa shape index (κ2) is 8.64. The van der Waals surface area contributed by atoms with Gasteiger partial charge >= 0.3 is 0 Å². The van der Waals surface area contributed by atoms with Gasteiger partial charge in [-0.15, -0.1) is 0 Å². The van der Waals surface area contributed by atoms with Crippen molar-refractivity contribution in [1.82, 2.24) is 15.5 Å². The molecule has 0 radical (unpaired) electrons. The van der Waals surface area contributed by atoms with Crippen molar-refractivity contribution in [1.29, 1.82) is 0 Å². The molecule has 6 nitrogen and oxygen atoms in total. The molecule has 2 fully saturated rings. The van der Waals surface area contributed by atoms with Crippen LogP contribution >= 0.6 is 0 Å². The molecule has 2 aliphatic rings. The minimum atomic E-state index is -0.0160. The van der Waals surface area contributed by atoms with E-state index in [2.05, 4.69) is 15.5 Å². The summed E-state index contributed by atoms with van der Waals surface area (Å²) in [4.78, 5) is 26.5. The highest BCUT2D eigenvalue weighted by atomic mass is 16.5. The molecule has 6 heteroatoms. The second-order valence-electron chi connectivity index (χ2n) is 7.39. The summed E-state index contributed by atoms with van der Waals surface area (Å²) in [5.41, 5.74) is 1.74. The molecule has 26 heavy (non-hydrogen) atoms. The van der Waals surface area contributed by atoms with Crippen LogP contribution in [0.4, 0.5) is 0 Å². The SMILES string of the molecule is CNC(=O)CCN1C[C@@H](NC(=O)c2ccc(COC)cc2)[C@H](C2CC2)C1. The van der Waals surface area contributed by atoms with Gasteiger partial charge in [-0.1, -0.05) is 12.1 Å². The molecule has 1 heterocycles. The van der Waals surface area contributed by atoms with Gasteiger partial charge in [-0.3, -0.25) is 9.59 Å². The zero-order valence-corrected chi connectivity index (χ0v) is 15.7. The third kappa shape index (κ3) is 4.83. The van der Waals surface area contributed by atoms with Crippen molar-refractivity contribution in [3.63, 3.8) is 0 Å². The molecule has 2 atom stereocenters. The quantitative estimate of drug-likeness (QED) is 0.736. The standard InChI is InChI=1S/C20H29N3O3/c1-21-19(24)9-10-23-11-17(15-7-8-15)18(12-23)22-20(25)16-5-3-14(4-6-16)13-26-2/h3-6,15,17-18H,7-13H2,1-2H3,(H,21,24)(H,22,25)/t17-,18+/m0/s1. The summed E-state index contributed by atoms with van der Waals surface area (Å²) in [6.07, 6.45) is 3.02. The van der Waals surface area contributed by atoms with Crippen LogP contribution in [0.1, 0.15) is 35.2 Å². The molecule has 1 saturated carbocycles. The Labute approximate surface area is 155 Å². The van der Waals surface area contributed by atoms with Crippen molar-refractivity contribution in [3.05, 3.63) is 35.4 Å². The van der Waals surface area contributed by atoms with E-state index in [9.17, 15) is 9.59 Å². The number of hydrogen-bond acceptors (Lipinski definition) is 4. The molecule has 2 N–H and O–H groups in total. The van der Waals surface area contributed by atoms with Crippen LogP contribution in [-0.4, -0.2) is 56.5 Å². The van der Waals surface area contributed by atoms with Crippen molar-refractivity contribution in [2.45, 2.75) is 31.9 Å². The molecule has 1 aliphatic carbocycles. The average Bonchev–Trinajstić information content (AvgIpc) is 3.42. The maximum Gasteiger partial charge on any atom is 0.251 e. The minimum absolute atomic E-state index is 0.0160. The van der Waals surface area contributed by atoms with Crippen molar-refractivity contribution >= 4 is 11.8 Å². The van der Waals surface area contributed by atoms with E-state index < -0.39 is 0 Å². The first-order valence-electron chi connectivity index (χ1n) is 9.42. The Balaban J connectivity index is 1.57. The average molecular weight is 359 g/mol. The molecule has 3 rings (SSSR count). The third-order valence-electron chi connectivity index (χ3n) is 5.45. The second-order valence-corrected chi connectivity index (χ2v) is 7.39. The highest BCUT2D eigenvalue weighted by Crippen LogP contribution is 2.41. The molecular weight excluding hydrogens is 330 g/mol. The number of ether oxygens (including phenoxy) is 1. The van der Waals surface area contributed by atoms with E-state index in [1.807, 2.05) is 24.3 Å². The summed E-state index contributed by atoms with van der Waals surface area (Å²) in [6, 6.07) is 7.74. The molecule has 0 unspecified atom stereocenters. The van der Waals surface area contributed by atoms with Gasteiger partial charge < -0.3 is 20.3 Å². The lowest BCUT2D eigenvalue weighted by molar-refractivity contribution is -0.120. The van der Waals surface area contributed by atoms with E-state index in [0.29, 0.717) is 24.5 Å². The predicted octanol–water partition coefficient (Wildman–Crippen LogP) is 1.41. The number of rotatable bonds is 8. The van der Waals surface area contributed by atoms with Crippen LogP contribution in [0.15, 0.2) is 24.3 Å². The summed E-state index contributed by atoms with van der Waals surface area (Å²) in [5, 5.41) is 5.91. The normalized spacial score (nSPS) is 23.0. The summed E-state index contributed by atoms with van der Waals surface area (Å²) in [7, 11) is 3.33. The lowest BCUT2D eigenvalue weighted by Crippen LogP contribution is -2.41. The monoisotopic (exact) mass is 359 g/mol. The van der Waals surface area contributed by atoms with Crippen LogP contribution in [0, 0.1) is 11.8 Å². The van der Waals surface area contributed by atoms with Gasteiger partial charge in [-0.25, -0.2) is 0 Å². The van der Waals surface area contributed by atoms with Crippen LogP contribution in [0.3, 0.4) is 0 Å². The Hall–Kier alpha value is -1.92. The molecule has 0 bridgehead atoms. The van der Waals surface area contributed by atoms with E-state index in [0.717, 1.165) is 31.1 Å². The fourth-order valence-corrected chi connectivity index (χ4v) is 3.81. The number of hydrogen-bond donors (Lipinski definition) is 2. The Kier molecular flexibility index (Phi) is 6.27. The van der Waals surface area contributed by atoms with Crippen molar-refractivity contribution in [2.75, 3.05) is 33.8 Å². The van der Waals surface area contributed by atoms with E-state index in [1.54, 1.807) is 14.2 Å². The van der Waals surface area contributed by atoms with E-state index in [4.69, 9.17) is 4.74 Å². The van der Waals surface area contributed by atoms with Gasteiger partial charge in [0.2, 0.25) is 5.91 Å². The topological polar surface area (TPSA) is 70.7 Å². The molecule has 0 aromatic heterocycles. The lowest BCUT2D eigenvalue weighted by Gasteiger charge is -2.19. The zero-order valence-electron chi connectivity index (χ0n) is 15.7. The van der Waals surface area contributed by atoms with Gasteiger partial charge in [0.25, 0.3) is 5.91 Å². The number of carbonyl (C=O) groups is 2. The summed E-state index contributed by atoms with van der Waals surface area (Å²) in [6.45, 7) is 3.10. The molecule has 1 saturated heterocycles. The number of nitrogens with zero attached hydrogens (tertiary/aromatic N) is 1. The van der Waals surface area contributed by atoms with Crippen LogP contribution in [0.25, 0.3) is 0 Å². The molecule has 142 valence electrons. The first-order chi connectivity index (χ1) is 12.6. The van der Waals surface area contributed by atoms with Crippen molar-refractivity contribution < 1.29 is 14.3 Å². The van der Waals surface area contributed by atoms with Crippen LogP contribution in [0.5, 0.6) is 0 Å². The number of methoxy groups -OCH3 is 1. The maximum atomic E-state index is 12.7. The largest absolute Gasteiger partial charge is 0.380 e. The van der Waals surface area contributed by atoms with Gasteiger partial charge in [-0.2, -0.15) is 0 Å². The fraction of sp³-hybridized carbons (Fsp3) is 0.600. The number of likely N-dealkylation sites (tertiary alicyclic amines) is 1. The highest BCUT2D eigenvalue weighted by Gasteiger charge is 2.42. The molecule has 2 amide bonds. The number of nitrogens with one attached hydrogen (secondary N) is 2. The Morgan fingerprint density at radius 1 is 1.19 bits per heavy atom. The molecule has 1 aliphatic heterocycles. The Morgan fingerprint density at radius 3 is 2.54 bits per heavy atom.